The van der Waals surface area contributed by atoms with Crippen LogP contribution in [0.3, 0.4) is 0 Å². The molecule has 1 rings (SSSR count). The number of nitrogens with two attached hydrogens (primary N) is 1. The molecule has 1 atom stereocenters. The minimum atomic E-state index is 0.590. The van der Waals surface area contributed by atoms with Gasteiger partial charge >= 0.3 is 0 Å². The number of hydrogen-bond donors (Lipinski definition) is 1. The Morgan fingerprint density at radius 2 is 1.62 bits per heavy atom. The molecule has 2 nitrogen and oxygen atoms in total. The van der Waals surface area contributed by atoms with E-state index in [1.54, 1.807) is 0 Å². The van der Waals surface area contributed by atoms with E-state index >= 15 is 0 Å². The van der Waals surface area contributed by atoms with E-state index in [1.165, 1.54) is 38.8 Å². The minimum absolute atomic E-state index is 0.590. The fraction of sp³-hybridized carbons (Fsp3) is 1.00. The fourth-order valence-electron chi connectivity index (χ4n) is 3.13. The Balaban J connectivity index is 2.53. The molecule has 2 N–H and O–H groups in total. The van der Waals surface area contributed by atoms with E-state index in [2.05, 4.69) is 32.6 Å². The Morgan fingerprint density at radius 3 is 1.94 bits per heavy atom. The van der Waals surface area contributed by atoms with Crippen LogP contribution in [0.2, 0.25) is 0 Å². The average Bonchev–Trinajstić information content (AvgIpc) is 2.31. The molecule has 1 aliphatic heterocycles. The van der Waals surface area contributed by atoms with Gasteiger partial charge in [-0.3, -0.25) is 4.90 Å². The molecule has 0 aromatic heterocycles. The first kappa shape index (κ1) is 14.0. The fourth-order valence-corrected chi connectivity index (χ4v) is 3.13. The summed E-state index contributed by atoms with van der Waals surface area (Å²) in [7, 11) is 0. The molecule has 0 aliphatic carbocycles. The van der Waals surface area contributed by atoms with Crippen molar-refractivity contribution in [3.63, 3.8) is 0 Å². The van der Waals surface area contributed by atoms with Gasteiger partial charge in [-0.15, -0.1) is 0 Å². The summed E-state index contributed by atoms with van der Waals surface area (Å²) in [6, 6.07) is 0.590. The van der Waals surface area contributed by atoms with Gasteiger partial charge in [0.2, 0.25) is 0 Å². The number of rotatable bonds is 5. The van der Waals surface area contributed by atoms with Crippen molar-refractivity contribution in [1.82, 2.24) is 4.90 Å². The highest BCUT2D eigenvalue weighted by Gasteiger charge is 2.33. The van der Waals surface area contributed by atoms with Crippen LogP contribution in [0.5, 0.6) is 0 Å². The van der Waals surface area contributed by atoms with Crippen molar-refractivity contribution in [2.75, 3.05) is 19.6 Å². The van der Waals surface area contributed by atoms with Gasteiger partial charge in [-0.05, 0) is 37.3 Å². The van der Waals surface area contributed by atoms with Gasteiger partial charge in [-0.2, -0.15) is 0 Å². The van der Waals surface area contributed by atoms with Gasteiger partial charge in [-0.1, -0.05) is 40.5 Å². The molecule has 0 aromatic carbocycles. The van der Waals surface area contributed by atoms with Crippen molar-refractivity contribution >= 4 is 0 Å². The van der Waals surface area contributed by atoms with Crippen LogP contribution in [0.1, 0.15) is 53.4 Å². The summed E-state index contributed by atoms with van der Waals surface area (Å²) in [6.07, 6.45) is 5.41. The Labute approximate surface area is 102 Å². The highest BCUT2D eigenvalue weighted by Crippen LogP contribution is 2.38. The SMILES string of the molecule is CCC1(CC)CCN(C(CN)C(C)C)CC1. The first-order chi connectivity index (χ1) is 7.58. The number of likely N-dealkylation sites (tertiary alicyclic amines) is 1. The van der Waals surface area contributed by atoms with Crippen LogP contribution >= 0.6 is 0 Å². The van der Waals surface area contributed by atoms with Crippen LogP contribution in [-0.4, -0.2) is 30.6 Å². The smallest absolute Gasteiger partial charge is 0.0241 e. The Morgan fingerprint density at radius 1 is 1.12 bits per heavy atom. The normalized spacial score (nSPS) is 23.6. The first-order valence-electron chi connectivity index (χ1n) is 7.02. The van der Waals surface area contributed by atoms with Gasteiger partial charge in [0.15, 0.2) is 0 Å². The molecule has 0 radical (unpaired) electrons. The third-order valence-electron chi connectivity index (χ3n) is 4.84. The average molecular weight is 226 g/mol. The number of nitrogens with zero attached hydrogens (tertiary/aromatic N) is 1. The molecule has 1 saturated heterocycles. The summed E-state index contributed by atoms with van der Waals surface area (Å²) in [5.41, 5.74) is 6.53. The van der Waals surface area contributed by atoms with Crippen molar-refractivity contribution in [1.29, 1.82) is 0 Å². The molecule has 0 aromatic rings. The molecule has 0 saturated carbocycles. The monoisotopic (exact) mass is 226 g/mol. The lowest BCUT2D eigenvalue weighted by molar-refractivity contribution is 0.0535. The second-order valence-electron chi connectivity index (χ2n) is 5.79. The maximum absolute atomic E-state index is 5.90. The lowest BCUT2D eigenvalue weighted by Gasteiger charge is -2.44. The Hall–Kier alpha value is -0.0800. The summed E-state index contributed by atoms with van der Waals surface area (Å²) in [5, 5.41) is 0. The zero-order valence-electron chi connectivity index (χ0n) is 11.6. The zero-order chi connectivity index (χ0) is 12.2. The van der Waals surface area contributed by atoms with Gasteiger partial charge in [0, 0.05) is 12.6 Å². The van der Waals surface area contributed by atoms with E-state index in [0.29, 0.717) is 17.4 Å². The van der Waals surface area contributed by atoms with Crippen LogP contribution in [0.25, 0.3) is 0 Å². The third kappa shape index (κ3) is 2.98. The van der Waals surface area contributed by atoms with Crippen molar-refractivity contribution in [3.05, 3.63) is 0 Å². The van der Waals surface area contributed by atoms with Gasteiger partial charge in [-0.25, -0.2) is 0 Å². The highest BCUT2D eigenvalue weighted by atomic mass is 15.2. The second-order valence-corrected chi connectivity index (χ2v) is 5.79. The van der Waals surface area contributed by atoms with Gasteiger partial charge in [0.1, 0.15) is 0 Å². The van der Waals surface area contributed by atoms with Crippen LogP contribution in [0.4, 0.5) is 0 Å². The van der Waals surface area contributed by atoms with Crippen LogP contribution in [0.15, 0.2) is 0 Å². The van der Waals surface area contributed by atoms with Crippen molar-refractivity contribution in [2.45, 2.75) is 59.4 Å². The predicted molar refractivity (Wildman–Crippen MR) is 71.5 cm³/mol. The van der Waals surface area contributed by atoms with Crippen LogP contribution in [0, 0.1) is 11.3 Å². The minimum Gasteiger partial charge on any atom is -0.329 e. The molecule has 0 bridgehead atoms. The van der Waals surface area contributed by atoms with E-state index in [4.69, 9.17) is 5.73 Å². The van der Waals surface area contributed by atoms with Crippen LogP contribution in [-0.2, 0) is 0 Å². The summed E-state index contributed by atoms with van der Waals surface area (Å²) in [6.45, 7) is 12.6. The molecular formula is C14H30N2. The lowest BCUT2D eigenvalue weighted by Crippen LogP contribution is -2.50. The zero-order valence-corrected chi connectivity index (χ0v) is 11.6. The largest absolute Gasteiger partial charge is 0.329 e. The van der Waals surface area contributed by atoms with E-state index in [0.717, 1.165) is 6.54 Å². The van der Waals surface area contributed by atoms with Gasteiger partial charge < -0.3 is 5.73 Å². The second kappa shape index (κ2) is 6.02. The standard InChI is InChI=1S/C14H30N2/c1-5-14(6-2)7-9-16(10-8-14)13(11-15)12(3)4/h12-13H,5-11,15H2,1-4H3. The molecule has 2 heteroatoms. The molecule has 96 valence electrons. The number of piperidine rings is 1. The Bertz CT molecular complexity index is 187. The molecule has 0 spiro atoms. The molecule has 0 amide bonds. The molecular weight excluding hydrogens is 196 g/mol. The topological polar surface area (TPSA) is 29.3 Å². The summed E-state index contributed by atoms with van der Waals surface area (Å²) < 4.78 is 0. The van der Waals surface area contributed by atoms with E-state index in [9.17, 15) is 0 Å². The molecule has 1 unspecified atom stereocenters. The van der Waals surface area contributed by atoms with Crippen LogP contribution < -0.4 is 5.73 Å². The first-order valence-corrected chi connectivity index (χ1v) is 7.02. The molecule has 16 heavy (non-hydrogen) atoms. The molecule has 1 heterocycles. The predicted octanol–water partition coefficient (Wildman–Crippen LogP) is 2.87. The maximum atomic E-state index is 5.90. The number of hydrogen-bond acceptors (Lipinski definition) is 2. The summed E-state index contributed by atoms with van der Waals surface area (Å²) >= 11 is 0. The Kier molecular flexibility index (Phi) is 5.26. The quantitative estimate of drug-likeness (QED) is 0.781. The van der Waals surface area contributed by atoms with Crippen molar-refractivity contribution < 1.29 is 0 Å². The molecule has 1 aliphatic rings. The summed E-state index contributed by atoms with van der Waals surface area (Å²) in [4.78, 5) is 2.62. The van der Waals surface area contributed by atoms with E-state index < -0.39 is 0 Å². The van der Waals surface area contributed by atoms with Crippen molar-refractivity contribution in [2.24, 2.45) is 17.1 Å². The molecule has 1 fully saturated rings. The van der Waals surface area contributed by atoms with Gasteiger partial charge in [0.05, 0.1) is 0 Å². The highest BCUT2D eigenvalue weighted by molar-refractivity contribution is 4.87. The van der Waals surface area contributed by atoms with Gasteiger partial charge in [0.25, 0.3) is 0 Å². The lowest BCUT2D eigenvalue weighted by atomic mass is 9.74. The summed E-state index contributed by atoms with van der Waals surface area (Å²) in [5.74, 6) is 0.681. The van der Waals surface area contributed by atoms with Crippen molar-refractivity contribution in [3.8, 4) is 0 Å². The van der Waals surface area contributed by atoms with E-state index in [1.807, 2.05) is 0 Å². The third-order valence-corrected chi connectivity index (χ3v) is 4.84. The van der Waals surface area contributed by atoms with E-state index in [-0.39, 0.29) is 0 Å². The maximum Gasteiger partial charge on any atom is 0.0241 e.